The van der Waals surface area contributed by atoms with E-state index in [4.69, 9.17) is 0 Å². The van der Waals surface area contributed by atoms with Gasteiger partial charge in [-0.3, -0.25) is 0 Å². The van der Waals surface area contributed by atoms with Crippen LogP contribution in [0.1, 0.15) is 33.3 Å². The van der Waals surface area contributed by atoms with Gasteiger partial charge in [0.2, 0.25) is 0 Å². The largest absolute Gasteiger partial charge is 0.0791 e. The summed E-state index contributed by atoms with van der Waals surface area (Å²) in [6.07, 6.45) is 9.54. The van der Waals surface area contributed by atoms with Gasteiger partial charge in [0, 0.05) is 0 Å². The first-order valence-electron chi connectivity index (χ1n) is 7.72. The zero-order valence-corrected chi connectivity index (χ0v) is 13.6. The summed E-state index contributed by atoms with van der Waals surface area (Å²) >= 11 is 0. The molecule has 2 aliphatic rings. The molecular formula is C20H20Si. The Morgan fingerprint density at radius 1 is 0.667 bits per heavy atom. The molecule has 0 fully saturated rings. The summed E-state index contributed by atoms with van der Waals surface area (Å²) in [5.74, 6) is 0. The molecule has 0 saturated heterocycles. The van der Waals surface area contributed by atoms with Crippen molar-refractivity contribution in [2.24, 2.45) is 0 Å². The third kappa shape index (κ3) is 1.88. The molecule has 1 heteroatoms. The summed E-state index contributed by atoms with van der Waals surface area (Å²) in [5.41, 5.74) is 7.14. The van der Waals surface area contributed by atoms with Crippen molar-refractivity contribution in [2.45, 2.75) is 24.2 Å². The fourth-order valence-electron chi connectivity index (χ4n) is 3.99. The summed E-state index contributed by atoms with van der Waals surface area (Å²) in [4.78, 5) is 0. The van der Waals surface area contributed by atoms with E-state index in [2.05, 4.69) is 85.9 Å². The molecule has 0 heterocycles. The maximum absolute atomic E-state index is 2.54. The highest BCUT2D eigenvalue weighted by Crippen LogP contribution is 2.46. The van der Waals surface area contributed by atoms with Gasteiger partial charge in [0.1, 0.15) is 0 Å². The molecule has 0 nitrogen and oxygen atoms in total. The Kier molecular flexibility index (Phi) is 2.80. The van der Waals surface area contributed by atoms with Crippen molar-refractivity contribution >= 4 is 20.2 Å². The van der Waals surface area contributed by atoms with Gasteiger partial charge >= 0.3 is 0 Å². The predicted molar refractivity (Wildman–Crippen MR) is 93.9 cm³/mol. The third-order valence-corrected chi connectivity index (χ3v) is 9.41. The topological polar surface area (TPSA) is 0 Å². The van der Waals surface area contributed by atoms with Gasteiger partial charge in [-0.1, -0.05) is 85.9 Å². The molecule has 0 radical (unpaired) electrons. The number of hydrogen-bond donors (Lipinski definition) is 0. The second kappa shape index (κ2) is 4.57. The standard InChI is InChI=1S/C20H20Si/c1-21(2,19-13-11-15-7-3-5-9-17(15)19)20-14-12-16-8-4-6-10-18(16)20/h3-14,19-20H,1-2H3/t19-,20+. The molecule has 0 unspecified atom stereocenters. The Hall–Kier alpha value is -1.86. The second-order valence-electron chi connectivity index (χ2n) is 6.75. The summed E-state index contributed by atoms with van der Waals surface area (Å²) in [7, 11) is -1.51. The van der Waals surface area contributed by atoms with Crippen molar-refractivity contribution < 1.29 is 0 Å². The van der Waals surface area contributed by atoms with Crippen molar-refractivity contribution in [3.63, 3.8) is 0 Å². The minimum atomic E-state index is -1.51. The van der Waals surface area contributed by atoms with Crippen LogP contribution in [0.2, 0.25) is 13.1 Å². The molecule has 0 saturated carbocycles. The van der Waals surface area contributed by atoms with E-state index in [0.29, 0.717) is 11.1 Å². The molecule has 2 aromatic rings. The molecule has 0 amide bonds. The Morgan fingerprint density at radius 3 is 1.57 bits per heavy atom. The Morgan fingerprint density at radius 2 is 1.10 bits per heavy atom. The molecule has 2 aromatic carbocycles. The van der Waals surface area contributed by atoms with Crippen molar-refractivity contribution in [2.75, 3.05) is 0 Å². The van der Waals surface area contributed by atoms with Crippen LogP contribution in [0.3, 0.4) is 0 Å². The number of benzene rings is 2. The molecule has 4 rings (SSSR count). The molecule has 21 heavy (non-hydrogen) atoms. The molecule has 0 spiro atoms. The van der Waals surface area contributed by atoms with Gasteiger partial charge in [-0.05, 0) is 33.3 Å². The van der Waals surface area contributed by atoms with E-state index < -0.39 is 8.07 Å². The van der Waals surface area contributed by atoms with Gasteiger partial charge < -0.3 is 0 Å². The van der Waals surface area contributed by atoms with Crippen LogP contribution in [0.4, 0.5) is 0 Å². The van der Waals surface area contributed by atoms with Crippen LogP contribution < -0.4 is 0 Å². The summed E-state index contributed by atoms with van der Waals surface area (Å²) in [5, 5.41) is 0. The summed E-state index contributed by atoms with van der Waals surface area (Å²) < 4.78 is 0. The lowest BCUT2D eigenvalue weighted by molar-refractivity contribution is 1.05. The van der Waals surface area contributed by atoms with Crippen molar-refractivity contribution in [1.29, 1.82) is 0 Å². The first-order chi connectivity index (χ1) is 10.2. The average molecular weight is 288 g/mol. The van der Waals surface area contributed by atoms with Crippen LogP contribution in [0, 0.1) is 0 Å². The number of allylic oxidation sites excluding steroid dienone is 2. The van der Waals surface area contributed by atoms with Crippen molar-refractivity contribution in [3.05, 3.63) is 82.9 Å². The zero-order valence-electron chi connectivity index (χ0n) is 12.6. The maximum Gasteiger partial charge on any atom is 0.0715 e. The van der Waals surface area contributed by atoms with E-state index in [1.54, 1.807) is 0 Å². The van der Waals surface area contributed by atoms with E-state index in [-0.39, 0.29) is 0 Å². The predicted octanol–water partition coefficient (Wildman–Crippen LogP) is 5.39. The van der Waals surface area contributed by atoms with Crippen LogP contribution in [0.15, 0.2) is 60.7 Å². The van der Waals surface area contributed by atoms with E-state index in [0.717, 1.165) is 0 Å². The summed E-state index contributed by atoms with van der Waals surface area (Å²) in [6.45, 7) is 5.09. The van der Waals surface area contributed by atoms with Crippen LogP contribution in [-0.2, 0) is 0 Å². The zero-order chi connectivity index (χ0) is 14.4. The van der Waals surface area contributed by atoms with E-state index in [9.17, 15) is 0 Å². The lowest BCUT2D eigenvalue weighted by Crippen LogP contribution is -2.39. The monoisotopic (exact) mass is 288 g/mol. The SMILES string of the molecule is C[Si](C)([C@@H]1C=Cc2ccccc21)[C@H]1C=Cc2ccccc21. The minimum absolute atomic E-state index is 0.620. The van der Waals surface area contributed by atoms with Gasteiger partial charge in [0.05, 0.1) is 8.07 Å². The molecule has 2 aliphatic carbocycles. The molecule has 0 aromatic heterocycles. The number of hydrogen-bond acceptors (Lipinski definition) is 0. The molecule has 0 N–H and O–H groups in total. The van der Waals surface area contributed by atoms with Gasteiger partial charge in [-0.15, -0.1) is 0 Å². The van der Waals surface area contributed by atoms with Crippen LogP contribution in [0.25, 0.3) is 12.2 Å². The molecule has 0 bridgehead atoms. The fourth-order valence-corrected chi connectivity index (χ4v) is 7.69. The normalized spacial score (nSPS) is 22.4. The quantitative estimate of drug-likeness (QED) is 0.650. The second-order valence-corrected chi connectivity index (χ2v) is 11.6. The van der Waals surface area contributed by atoms with E-state index in [1.807, 2.05) is 0 Å². The lowest BCUT2D eigenvalue weighted by Gasteiger charge is -2.35. The van der Waals surface area contributed by atoms with Gasteiger partial charge in [0.25, 0.3) is 0 Å². The first-order valence-corrected chi connectivity index (χ1v) is 10.9. The minimum Gasteiger partial charge on any atom is -0.0791 e. The third-order valence-electron chi connectivity index (χ3n) is 5.20. The first kappa shape index (κ1) is 12.8. The fraction of sp³-hybridized carbons (Fsp3) is 0.200. The Labute approximate surface area is 127 Å². The van der Waals surface area contributed by atoms with Gasteiger partial charge in [-0.2, -0.15) is 0 Å². The maximum atomic E-state index is 2.54. The van der Waals surface area contributed by atoms with E-state index in [1.165, 1.54) is 22.3 Å². The molecule has 104 valence electrons. The average Bonchev–Trinajstić information content (AvgIpc) is 3.12. The Balaban J connectivity index is 1.76. The highest BCUT2D eigenvalue weighted by Gasteiger charge is 2.42. The molecule has 2 atom stereocenters. The highest BCUT2D eigenvalue weighted by molar-refractivity contribution is 6.81. The highest BCUT2D eigenvalue weighted by atomic mass is 28.3. The van der Waals surface area contributed by atoms with E-state index >= 15 is 0 Å². The van der Waals surface area contributed by atoms with Crippen LogP contribution >= 0.6 is 0 Å². The molecular weight excluding hydrogens is 268 g/mol. The van der Waals surface area contributed by atoms with Crippen molar-refractivity contribution in [1.82, 2.24) is 0 Å². The van der Waals surface area contributed by atoms with Crippen LogP contribution in [0.5, 0.6) is 0 Å². The van der Waals surface area contributed by atoms with Gasteiger partial charge in [0.15, 0.2) is 0 Å². The smallest absolute Gasteiger partial charge is 0.0715 e. The van der Waals surface area contributed by atoms with Crippen molar-refractivity contribution in [3.8, 4) is 0 Å². The molecule has 0 aliphatic heterocycles. The Bertz CT molecular complexity index is 688. The lowest BCUT2D eigenvalue weighted by atomic mass is 10.1. The summed E-state index contributed by atoms with van der Waals surface area (Å²) in [6, 6.07) is 17.8. The number of rotatable bonds is 2. The van der Waals surface area contributed by atoms with Gasteiger partial charge in [-0.25, -0.2) is 0 Å². The van der Waals surface area contributed by atoms with Crippen LogP contribution in [-0.4, -0.2) is 8.07 Å². The number of fused-ring (bicyclic) bond motifs is 2.